The molecule has 27 heavy (non-hydrogen) atoms. The van der Waals surface area contributed by atoms with E-state index in [2.05, 4.69) is 25.6 Å². The first-order valence-corrected chi connectivity index (χ1v) is 9.45. The van der Waals surface area contributed by atoms with Gasteiger partial charge in [0.05, 0.1) is 12.8 Å². The summed E-state index contributed by atoms with van der Waals surface area (Å²) in [7, 11) is 0. The molecule has 1 aliphatic rings. The highest BCUT2D eigenvalue weighted by Gasteiger charge is 2.17. The van der Waals surface area contributed by atoms with E-state index >= 15 is 0 Å². The van der Waals surface area contributed by atoms with Gasteiger partial charge >= 0.3 is 0 Å². The van der Waals surface area contributed by atoms with Crippen LogP contribution in [0.15, 0.2) is 48.2 Å². The maximum atomic E-state index is 5.99. The van der Waals surface area contributed by atoms with E-state index in [9.17, 15) is 0 Å². The van der Waals surface area contributed by atoms with Gasteiger partial charge in [-0.1, -0.05) is 6.07 Å². The van der Waals surface area contributed by atoms with Crippen LogP contribution in [0.1, 0.15) is 0 Å². The van der Waals surface area contributed by atoms with Crippen molar-refractivity contribution < 1.29 is 14.2 Å². The first-order valence-electron chi connectivity index (χ1n) is 8.57. The highest BCUT2D eigenvalue weighted by molar-refractivity contribution is 7.13. The molecule has 1 saturated heterocycles. The van der Waals surface area contributed by atoms with Crippen LogP contribution in [-0.2, 0) is 4.74 Å². The van der Waals surface area contributed by atoms with Crippen LogP contribution in [0.25, 0.3) is 0 Å². The number of nitrogens with one attached hydrogen (secondary N) is 2. The molecule has 1 fully saturated rings. The van der Waals surface area contributed by atoms with Gasteiger partial charge in [0.1, 0.15) is 12.7 Å². The molecule has 1 aliphatic heterocycles. The van der Waals surface area contributed by atoms with E-state index in [0.29, 0.717) is 36.4 Å². The lowest BCUT2D eigenvalue weighted by atomic mass is 10.3. The summed E-state index contributed by atoms with van der Waals surface area (Å²) in [5.41, 5.74) is 0. The fourth-order valence-corrected chi connectivity index (χ4v) is 3.04. The van der Waals surface area contributed by atoms with Gasteiger partial charge in [0.15, 0.2) is 22.4 Å². The van der Waals surface area contributed by atoms with Crippen LogP contribution in [0.2, 0.25) is 0 Å². The van der Waals surface area contributed by atoms with Crippen LogP contribution in [0, 0.1) is 0 Å². The Hall–Kier alpha value is -2.75. The van der Waals surface area contributed by atoms with Gasteiger partial charge in [-0.15, -0.1) is 11.3 Å². The first kappa shape index (κ1) is 17.7. The predicted octanol–water partition coefficient (Wildman–Crippen LogP) is 2.84. The zero-order valence-electron chi connectivity index (χ0n) is 14.5. The first-order chi connectivity index (χ1) is 13.4. The highest BCUT2D eigenvalue weighted by atomic mass is 32.1. The van der Waals surface area contributed by atoms with Crippen molar-refractivity contribution in [1.82, 2.24) is 20.3 Å². The molecular formula is C18H19N5O3S. The Balaban J connectivity index is 1.52. The van der Waals surface area contributed by atoms with Crippen molar-refractivity contribution in [2.45, 2.75) is 6.10 Å². The molecular weight excluding hydrogens is 366 g/mol. The quantitative estimate of drug-likeness (QED) is 0.642. The van der Waals surface area contributed by atoms with E-state index in [4.69, 9.17) is 14.2 Å². The van der Waals surface area contributed by atoms with E-state index in [-0.39, 0.29) is 6.10 Å². The molecule has 0 bridgehead atoms. The molecule has 0 aromatic carbocycles. The maximum absolute atomic E-state index is 5.99. The fraction of sp³-hybridized carbons (Fsp3) is 0.278. The van der Waals surface area contributed by atoms with Gasteiger partial charge in [0.2, 0.25) is 5.88 Å². The van der Waals surface area contributed by atoms with E-state index in [1.807, 2.05) is 17.5 Å². The van der Waals surface area contributed by atoms with Crippen molar-refractivity contribution in [1.29, 1.82) is 0 Å². The molecule has 0 amide bonds. The lowest BCUT2D eigenvalue weighted by Gasteiger charge is -2.24. The number of rotatable bonds is 7. The number of anilines is 2. The Morgan fingerprint density at radius 1 is 1.26 bits per heavy atom. The minimum Gasteiger partial charge on any atom is -0.487 e. The van der Waals surface area contributed by atoms with E-state index in [0.717, 1.165) is 18.2 Å². The molecule has 1 unspecified atom stereocenters. The van der Waals surface area contributed by atoms with Gasteiger partial charge in [0.25, 0.3) is 0 Å². The largest absolute Gasteiger partial charge is 0.487 e. The summed E-state index contributed by atoms with van der Waals surface area (Å²) in [5, 5.41) is 9.09. The van der Waals surface area contributed by atoms with Gasteiger partial charge in [-0.3, -0.25) is 0 Å². The van der Waals surface area contributed by atoms with Gasteiger partial charge in [-0.2, -0.15) is 0 Å². The molecule has 9 heteroatoms. The van der Waals surface area contributed by atoms with Crippen LogP contribution < -0.4 is 20.1 Å². The van der Waals surface area contributed by atoms with E-state index < -0.39 is 0 Å². The topological polar surface area (TPSA) is 90.4 Å². The number of aromatic nitrogens is 3. The molecule has 0 spiro atoms. The summed E-state index contributed by atoms with van der Waals surface area (Å²) in [4.78, 5) is 12.8. The number of hydrogen-bond acceptors (Lipinski definition) is 9. The predicted molar refractivity (Wildman–Crippen MR) is 102 cm³/mol. The van der Waals surface area contributed by atoms with Crippen molar-refractivity contribution in [3.63, 3.8) is 0 Å². The highest BCUT2D eigenvalue weighted by Crippen LogP contribution is 2.31. The summed E-state index contributed by atoms with van der Waals surface area (Å²) < 4.78 is 17.4. The van der Waals surface area contributed by atoms with Crippen LogP contribution in [0.4, 0.5) is 10.9 Å². The Labute approximate surface area is 160 Å². The number of nitrogens with zero attached hydrogens (tertiary/aromatic N) is 3. The molecule has 3 aromatic heterocycles. The molecule has 140 valence electrons. The van der Waals surface area contributed by atoms with Gasteiger partial charge < -0.3 is 24.8 Å². The lowest BCUT2D eigenvalue weighted by molar-refractivity contribution is 0.000261. The third-order valence-corrected chi connectivity index (χ3v) is 4.46. The maximum Gasteiger partial charge on any atom is 0.219 e. The summed E-state index contributed by atoms with van der Waals surface area (Å²) in [6, 6.07) is 7.26. The fourth-order valence-electron chi connectivity index (χ4n) is 2.51. The monoisotopic (exact) mass is 385 g/mol. The van der Waals surface area contributed by atoms with Crippen LogP contribution in [0.5, 0.6) is 17.4 Å². The second kappa shape index (κ2) is 8.76. The van der Waals surface area contributed by atoms with Crippen molar-refractivity contribution in [2.75, 3.05) is 31.6 Å². The smallest absolute Gasteiger partial charge is 0.219 e. The molecule has 2 N–H and O–H groups in total. The van der Waals surface area contributed by atoms with E-state index in [1.165, 1.54) is 11.3 Å². The Bertz CT molecular complexity index is 841. The normalized spacial score (nSPS) is 16.7. The standard InChI is InChI=1S/C18H19N5O3S/c1-2-4-20-16(3-1)26-13-9-15(25-12-14-10-19-5-7-24-14)17(22-11-13)23-18-21-6-8-27-18/h1-4,6,8-9,11,14,19H,5,7,10,12H2,(H,21,22,23). The van der Waals surface area contributed by atoms with Crippen molar-refractivity contribution in [3.8, 4) is 17.4 Å². The Morgan fingerprint density at radius 2 is 2.26 bits per heavy atom. The summed E-state index contributed by atoms with van der Waals surface area (Å²) in [5.74, 6) is 2.16. The summed E-state index contributed by atoms with van der Waals surface area (Å²) >= 11 is 1.49. The SMILES string of the molecule is c1ccc(Oc2cnc(Nc3nccs3)c(OCC3CNCCO3)c2)nc1. The van der Waals surface area contributed by atoms with Gasteiger partial charge in [-0.05, 0) is 6.07 Å². The van der Waals surface area contributed by atoms with Crippen molar-refractivity contribution in [3.05, 3.63) is 48.2 Å². The molecule has 3 aromatic rings. The van der Waals surface area contributed by atoms with Crippen LogP contribution in [-0.4, -0.2) is 47.4 Å². The Kier molecular flexibility index (Phi) is 5.73. The van der Waals surface area contributed by atoms with Crippen molar-refractivity contribution in [2.24, 2.45) is 0 Å². The average molecular weight is 385 g/mol. The summed E-state index contributed by atoms with van der Waals surface area (Å²) in [6.07, 6.45) is 5.02. The minimum atomic E-state index is -0.00757. The number of ether oxygens (including phenoxy) is 3. The second-order valence-electron chi connectivity index (χ2n) is 5.76. The summed E-state index contributed by atoms with van der Waals surface area (Å²) in [6.45, 7) is 2.71. The third-order valence-electron chi connectivity index (χ3n) is 3.77. The third kappa shape index (κ3) is 4.91. The lowest BCUT2D eigenvalue weighted by Crippen LogP contribution is -2.41. The van der Waals surface area contributed by atoms with Crippen LogP contribution in [0.3, 0.4) is 0 Å². The zero-order chi connectivity index (χ0) is 18.3. The molecule has 1 atom stereocenters. The molecule has 4 rings (SSSR count). The molecule has 8 nitrogen and oxygen atoms in total. The number of morpholine rings is 1. The molecule has 4 heterocycles. The van der Waals surface area contributed by atoms with E-state index in [1.54, 1.807) is 30.7 Å². The van der Waals surface area contributed by atoms with Gasteiger partial charge in [-0.25, -0.2) is 15.0 Å². The Morgan fingerprint density at radius 3 is 3.04 bits per heavy atom. The minimum absolute atomic E-state index is 0.00757. The number of thiazole rings is 1. The molecule has 0 saturated carbocycles. The zero-order valence-corrected chi connectivity index (χ0v) is 15.3. The van der Waals surface area contributed by atoms with Crippen LogP contribution >= 0.6 is 11.3 Å². The second-order valence-corrected chi connectivity index (χ2v) is 6.65. The molecule has 0 radical (unpaired) electrons. The van der Waals surface area contributed by atoms with Gasteiger partial charge in [0, 0.05) is 43.0 Å². The number of pyridine rings is 2. The number of hydrogen-bond donors (Lipinski definition) is 2. The van der Waals surface area contributed by atoms with Crippen molar-refractivity contribution >= 4 is 22.3 Å². The molecule has 0 aliphatic carbocycles. The average Bonchev–Trinajstić information content (AvgIpc) is 3.23.